The van der Waals surface area contributed by atoms with E-state index in [-0.39, 0.29) is 16.9 Å². The molecule has 0 fully saturated rings. The quantitative estimate of drug-likeness (QED) is 0.343. The molecule has 0 atom stereocenters. The van der Waals surface area contributed by atoms with Crippen LogP contribution in [0.1, 0.15) is 40.7 Å². The molecule has 0 unspecified atom stereocenters. The van der Waals surface area contributed by atoms with Gasteiger partial charge in [0, 0.05) is 21.2 Å². The van der Waals surface area contributed by atoms with E-state index in [9.17, 15) is 15.3 Å². The van der Waals surface area contributed by atoms with Crippen molar-refractivity contribution < 1.29 is 0 Å². The Bertz CT molecular complexity index is 1670. The minimum atomic E-state index is -0.526. The lowest BCUT2D eigenvalue weighted by molar-refractivity contribution is 0.819. The van der Waals surface area contributed by atoms with Crippen LogP contribution in [0.4, 0.5) is 5.82 Å². The molecular weight excluding hydrogens is 479 g/mol. The predicted octanol–water partition coefficient (Wildman–Crippen LogP) is 6.48. The first-order valence-corrected chi connectivity index (χ1v) is 11.7. The smallest absolute Gasteiger partial charge is 0.275 e. The van der Waals surface area contributed by atoms with E-state index in [0.29, 0.717) is 33.1 Å². The van der Waals surface area contributed by atoms with E-state index < -0.39 is 5.56 Å². The summed E-state index contributed by atoms with van der Waals surface area (Å²) in [4.78, 5) is 13.5. The summed E-state index contributed by atoms with van der Waals surface area (Å²) in [6.07, 6.45) is 4.26. The van der Waals surface area contributed by atoms with Crippen LogP contribution in [0.3, 0.4) is 0 Å². The number of rotatable bonds is 2. The molecule has 0 radical (unpaired) electrons. The van der Waals surface area contributed by atoms with Gasteiger partial charge >= 0.3 is 0 Å². The normalized spacial score (nSPS) is 13.9. The third kappa shape index (κ3) is 3.86. The first-order valence-electron chi connectivity index (χ1n) is 11.0. The Labute approximate surface area is 211 Å². The van der Waals surface area contributed by atoms with E-state index in [1.165, 1.54) is 4.40 Å². The maximum Gasteiger partial charge on any atom is 0.275 e. The minimum Gasteiger partial charge on any atom is -0.384 e. The van der Waals surface area contributed by atoms with E-state index in [0.717, 1.165) is 35.1 Å². The number of nitriles is 2. The molecular formula is C28H18Cl2N4O. The summed E-state index contributed by atoms with van der Waals surface area (Å²) in [7, 11) is 0. The van der Waals surface area contributed by atoms with E-state index in [1.807, 2.05) is 36.4 Å². The molecule has 35 heavy (non-hydrogen) atoms. The number of nitrogen functional groups attached to an aromatic ring is 1. The van der Waals surface area contributed by atoms with Crippen molar-refractivity contribution in [2.45, 2.75) is 19.3 Å². The number of nitrogens with two attached hydrogens (primary N) is 1. The molecule has 1 aliphatic carbocycles. The van der Waals surface area contributed by atoms with Crippen LogP contribution in [-0.2, 0) is 6.42 Å². The van der Waals surface area contributed by atoms with Crippen molar-refractivity contribution in [2.75, 3.05) is 5.73 Å². The van der Waals surface area contributed by atoms with Gasteiger partial charge in [0.25, 0.3) is 5.56 Å². The van der Waals surface area contributed by atoms with Crippen LogP contribution in [0.25, 0.3) is 28.3 Å². The van der Waals surface area contributed by atoms with Crippen molar-refractivity contribution in [2.24, 2.45) is 0 Å². The molecule has 0 saturated heterocycles. The SMILES string of the molecule is N#Cc1c(-c2ccc(Cl)cc2)cc2c3c(c(C#N)c(=O)n2c1N)/C(=C/c1ccc(Cl)cc1)CCC3. The Hall–Kier alpha value is -4.03. The molecule has 1 aliphatic rings. The lowest BCUT2D eigenvalue weighted by Gasteiger charge is -2.24. The van der Waals surface area contributed by atoms with Gasteiger partial charge < -0.3 is 5.73 Å². The maximum absolute atomic E-state index is 13.5. The van der Waals surface area contributed by atoms with Crippen LogP contribution in [0.2, 0.25) is 10.0 Å². The van der Waals surface area contributed by atoms with Crippen molar-refractivity contribution in [3.05, 3.63) is 103 Å². The predicted molar refractivity (Wildman–Crippen MR) is 140 cm³/mol. The van der Waals surface area contributed by atoms with Gasteiger partial charge in [0.1, 0.15) is 29.1 Å². The second kappa shape index (κ2) is 8.96. The number of nitrogens with zero attached hydrogens (tertiary/aromatic N) is 3. The summed E-state index contributed by atoms with van der Waals surface area (Å²) in [6, 6.07) is 20.6. The zero-order valence-corrected chi connectivity index (χ0v) is 20.0. The molecule has 2 aromatic carbocycles. The fourth-order valence-corrected chi connectivity index (χ4v) is 5.01. The second-order valence-electron chi connectivity index (χ2n) is 8.38. The Balaban J connectivity index is 1.86. The van der Waals surface area contributed by atoms with Crippen molar-refractivity contribution >= 4 is 46.2 Å². The Morgan fingerprint density at radius 1 is 0.914 bits per heavy atom. The van der Waals surface area contributed by atoms with Gasteiger partial charge in [-0.25, -0.2) is 0 Å². The van der Waals surface area contributed by atoms with Gasteiger partial charge in [-0.05, 0) is 71.9 Å². The number of anilines is 1. The van der Waals surface area contributed by atoms with Gasteiger partial charge in [0.05, 0.1) is 5.52 Å². The van der Waals surface area contributed by atoms with Crippen LogP contribution in [0, 0.1) is 22.7 Å². The first kappa shape index (κ1) is 22.7. The summed E-state index contributed by atoms with van der Waals surface area (Å²) in [5.41, 5.74) is 11.5. The fraction of sp³-hybridized carbons (Fsp3) is 0.107. The first-order chi connectivity index (χ1) is 16.9. The topological polar surface area (TPSA) is 95.1 Å². The van der Waals surface area contributed by atoms with E-state index >= 15 is 0 Å². The number of pyridine rings is 2. The lowest BCUT2D eigenvalue weighted by atomic mass is 9.83. The average molecular weight is 497 g/mol. The summed E-state index contributed by atoms with van der Waals surface area (Å²) in [5.74, 6) is 0.0213. The zero-order chi connectivity index (χ0) is 24.7. The molecule has 2 heterocycles. The van der Waals surface area contributed by atoms with Crippen molar-refractivity contribution in [3.8, 4) is 23.3 Å². The number of hydrogen-bond acceptors (Lipinski definition) is 4. The summed E-state index contributed by atoms with van der Waals surface area (Å²) in [5, 5.41) is 21.1. The highest BCUT2D eigenvalue weighted by atomic mass is 35.5. The zero-order valence-electron chi connectivity index (χ0n) is 18.5. The second-order valence-corrected chi connectivity index (χ2v) is 9.25. The average Bonchev–Trinajstić information content (AvgIpc) is 2.86. The molecule has 2 aromatic heterocycles. The minimum absolute atomic E-state index is 0.0213. The van der Waals surface area contributed by atoms with Crippen molar-refractivity contribution in [3.63, 3.8) is 0 Å². The third-order valence-electron chi connectivity index (χ3n) is 6.35. The van der Waals surface area contributed by atoms with Crippen molar-refractivity contribution in [1.29, 1.82) is 10.5 Å². The molecule has 7 heteroatoms. The highest BCUT2D eigenvalue weighted by molar-refractivity contribution is 6.30. The third-order valence-corrected chi connectivity index (χ3v) is 6.85. The molecule has 0 saturated carbocycles. The maximum atomic E-state index is 13.5. The molecule has 170 valence electrons. The van der Waals surface area contributed by atoms with Crippen molar-refractivity contribution in [1.82, 2.24) is 4.40 Å². The summed E-state index contributed by atoms with van der Waals surface area (Å²) in [6.45, 7) is 0. The van der Waals surface area contributed by atoms with Gasteiger partial charge in [-0.3, -0.25) is 9.20 Å². The fourth-order valence-electron chi connectivity index (χ4n) is 4.76. The van der Waals surface area contributed by atoms with Crippen LogP contribution < -0.4 is 11.3 Å². The number of benzene rings is 2. The summed E-state index contributed by atoms with van der Waals surface area (Å²) >= 11 is 12.1. The van der Waals surface area contributed by atoms with E-state index in [1.54, 1.807) is 24.3 Å². The van der Waals surface area contributed by atoms with E-state index in [4.69, 9.17) is 28.9 Å². The summed E-state index contributed by atoms with van der Waals surface area (Å²) < 4.78 is 1.31. The standard InChI is InChI=1S/C28H18Cl2N4O/c29-19-8-4-16(5-9-19)12-18-2-1-3-21-25-13-22(17-6-10-20(30)11-7-17)23(14-31)27(33)34(25)28(35)24(15-32)26(18)21/h4-13H,1-3,33H2/b18-12+. The van der Waals surface area contributed by atoms with Gasteiger partial charge in [0.2, 0.25) is 0 Å². The number of allylic oxidation sites excluding steroid dienone is 1. The van der Waals surface area contributed by atoms with Crippen LogP contribution in [-0.4, -0.2) is 4.40 Å². The van der Waals surface area contributed by atoms with Crippen LogP contribution >= 0.6 is 23.2 Å². The van der Waals surface area contributed by atoms with Gasteiger partial charge in [0.15, 0.2) is 0 Å². The van der Waals surface area contributed by atoms with Gasteiger partial charge in [-0.1, -0.05) is 53.5 Å². The highest BCUT2D eigenvalue weighted by Gasteiger charge is 2.26. The Morgan fingerprint density at radius 2 is 1.54 bits per heavy atom. The van der Waals surface area contributed by atoms with E-state index in [2.05, 4.69) is 12.1 Å². The monoisotopic (exact) mass is 496 g/mol. The molecule has 0 amide bonds. The Kier molecular flexibility index (Phi) is 5.83. The van der Waals surface area contributed by atoms with Gasteiger partial charge in [-0.2, -0.15) is 10.5 Å². The molecule has 2 N–H and O–H groups in total. The number of aromatic nitrogens is 1. The molecule has 0 bridgehead atoms. The van der Waals surface area contributed by atoms with Crippen LogP contribution in [0.5, 0.6) is 0 Å². The number of fused-ring (bicyclic) bond motifs is 3. The van der Waals surface area contributed by atoms with Crippen LogP contribution in [0.15, 0.2) is 59.4 Å². The molecule has 5 nitrogen and oxygen atoms in total. The number of halogens is 2. The molecule has 0 spiro atoms. The lowest BCUT2D eigenvalue weighted by Crippen LogP contribution is -2.25. The van der Waals surface area contributed by atoms with Gasteiger partial charge in [-0.15, -0.1) is 0 Å². The molecule has 4 aromatic rings. The largest absolute Gasteiger partial charge is 0.384 e. The Morgan fingerprint density at radius 3 is 2.17 bits per heavy atom. The number of aryl methyl sites for hydroxylation is 1. The highest BCUT2D eigenvalue weighted by Crippen LogP contribution is 2.38. The number of hydrogen-bond donors (Lipinski definition) is 1. The molecule has 5 rings (SSSR count). The molecule has 0 aliphatic heterocycles.